The van der Waals surface area contributed by atoms with Gasteiger partial charge in [-0.3, -0.25) is 0 Å². The molecule has 0 bridgehead atoms. The van der Waals surface area contributed by atoms with Crippen LogP contribution in [0.1, 0.15) is 0 Å². The molecule has 15 heavy (non-hydrogen) atoms. The fraction of sp³-hybridized carbons (Fsp3) is 0.125. The number of benzene rings is 1. The first kappa shape index (κ1) is 11.7. The molecule has 0 amide bonds. The van der Waals surface area contributed by atoms with E-state index in [1.165, 1.54) is 6.33 Å². The molecule has 1 heterocycles. The van der Waals surface area contributed by atoms with E-state index >= 15 is 0 Å². The molecule has 0 unspecified atom stereocenters. The van der Waals surface area contributed by atoms with Gasteiger partial charge in [-0.1, -0.05) is 11.6 Å². The summed E-state index contributed by atoms with van der Waals surface area (Å²) in [7, 11) is 1.82. The Hall–Kier alpha value is -1.33. The predicted octanol–water partition coefficient (Wildman–Crippen LogP) is 1.78. The lowest BCUT2D eigenvalue weighted by molar-refractivity contribution is 0.790. The molecule has 1 aromatic carbocycles. The fourth-order valence-corrected chi connectivity index (χ4v) is 1.35. The first-order valence-corrected chi connectivity index (χ1v) is 4.39. The average Bonchev–Trinajstić information content (AvgIpc) is 2.70. The van der Waals surface area contributed by atoms with Gasteiger partial charge in [-0.05, 0) is 28.6 Å². The highest BCUT2D eigenvalue weighted by atomic mass is 35.5. The Kier molecular flexibility index (Phi) is 3.88. The van der Waals surface area contributed by atoms with Gasteiger partial charge < -0.3 is 5.32 Å². The molecule has 2 rings (SSSR count). The molecular weight excluding hydrogens is 237 g/mol. The summed E-state index contributed by atoms with van der Waals surface area (Å²) in [5.41, 5.74) is 1.74. The second kappa shape index (κ2) is 4.95. The average molecular weight is 246 g/mol. The Morgan fingerprint density at radius 1 is 1.40 bits per heavy atom. The zero-order valence-corrected chi connectivity index (χ0v) is 9.46. The van der Waals surface area contributed by atoms with Gasteiger partial charge in [-0.2, -0.15) is 4.68 Å². The number of hydrogen-bond donors (Lipinski definition) is 1. The summed E-state index contributed by atoms with van der Waals surface area (Å²) in [6.07, 6.45) is 1.53. The minimum absolute atomic E-state index is 0. The third kappa shape index (κ3) is 2.37. The standard InChI is InChI=1S/C8H8ClN5.ClH/c1-10-7-4-6(9)2-3-8(7)14-5-11-12-13-14;/h2-5,10H,1H3;1H. The number of aromatic nitrogens is 4. The van der Waals surface area contributed by atoms with Crippen molar-refractivity contribution in [3.8, 4) is 5.69 Å². The van der Waals surface area contributed by atoms with Crippen LogP contribution in [0.5, 0.6) is 0 Å². The van der Waals surface area contributed by atoms with Crippen LogP contribution >= 0.6 is 24.0 Å². The molecule has 7 heteroatoms. The SMILES string of the molecule is CNc1cc(Cl)ccc1-n1cnnn1.Cl. The highest BCUT2D eigenvalue weighted by molar-refractivity contribution is 6.31. The highest BCUT2D eigenvalue weighted by Gasteiger charge is 2.04. The maximum Gasteiger partial charge on any atom is 0.143 e. The van der Waals surface area contributed by atoms with Crippen molar-refractivity contribution in [2.24, 2.45) is 0 Å². The number of nitrogens with zero attached hydrogens (tertiary/aromatic N) is 4. The molecule has 0 fully saturated rings. The van der Waals surface area contributed by atoms with Crippen molar-refractivity contribution in [3.05, 3.63) is 29.5 Å². The van der Waals surface area contributed by atoms with E-state index in [4.69, 9.17) is 11.6 Å². The zero-order valence-electron chi connectivity index (χ0n) is 7.88. The summed E-state index contributed by atoms with van der Waals surface area (Å²) in [5, 5.41) is 14.6. The molecular formula is C8H9Cl2N5. The zero-order chi connectivity index (χ0) is 9.97. The number of anilines is 1. The topological polar surface area (TPSA) is 55.6 Å². The molecule has 0 saturated carbocycles. The molecule has 0 radical (unpaired) electrons. The third-order valence-electron chi connectivity index (χ3n) is 1.82. The first-order chi connectivity index (χ1) is 6.81. The number of tetrazole rings is 1. The molecule has 1 aromatic heterocycles. The molecule has 5 nitrogen and oxygen atoms in total. The lowest BCUT2D eigenvalue weighted by Crippen LogP contribution is -2.00. The van der Waals surface area contributed by atoms with Crippen molar-refractivity contribution in [1.29, 1.82) is 0 Å². The van der Waals surface area contributed by atoms with Crippen LogP contribution in [0.4, 0.5) is 5.69 Å². The molecule has 0 aliphatic heterocycles. The largest absolute Gasteiger partial charge is 0.386 e. The number of rotatable bonds is 2. The van der Waals surface area contributed by atoms with E-state index in [2.05, 4.69) is 20.8 Å². The van der Waals surface area contributed by atoms with Gasteiger partial charge in [0.15, 0.2) is 0 Å². The van der Waals surface area contributed by atoms with Gasteiger partial charge >= 0.3 is 0 Å². The van der Waals surface area contributed by atoms with Gasteiger partial charge in [0.25, 0.3) is 0 Å². The van der Waals surface area contributed by atoms with E-state index in [0.29, 0.717) is 5.02 Å². The Balaban J connectivity index is 0.00000112. The lowest BCUT2D eigenvalue weighted by Gasteiger charge is -2.07. The van der Waals surface area contributed by atoms with Crippen molar-refractivity contribution in [3.63, 3.8) is 0 Å². The lowest BCUT2D eigenvalue weighted by atomic mass is 10.2. The smallest absolute Gasteiger partial charge is 0.143 e. The summed E-state index contributed by atoms with van der Waals surface area (Å²) in [6.45, 7) is 0. The van der Waals surface area contributed by atoms with Crippen molar-refractivity contribution in [1.82, 2.24) is 20.2 Å². The quantitative estimate of drug-likeness (QED) is 0.877. The molecule has 2 aromatic rings. The molecule has 0 atom stereocenters. The van der Waals surface area contributed by atoms with Crippen molar-refractivity contribution >= 4 is 29.7 Å². The monoisotopic (exact) mass is 245 g/mol. The summed E-state index contributed by atoms with van der Waals surface area (Å²) in [4.78, 5) is 0. The first-order valence-electron chi connectivity index (χ1n) is 4.02. The van der Waals surface area contributed by atoms with Crippen molar-refractivity contribution in [2.45, 2.75) is 0 Å². The summed E-state index contributed by atoms with van der Waals surface area (Å²) < 4.78 is 1.57. The van der Waals surface area contributed by atoms with Gasteiger partial charge in [0.2, 0.25) is 0 Å². The van der Waals surface area contributed by atoms with E-state index in [1.54, 1.807) is 10.7 Å². The molecule has 0 aliphatic rings. The van der Waals surface area contributed by atoms with Crippen LogP contribution in [0.15, 0.2) is 24.5 Å². The van der Waals surface area contributed by atoms with Crippen LogP contribution in [0.25, 0.3) is 5.69 Å². The summed E-state index contributed by atoms with van der Waals surface area (Å²) in [5.74, 6) is 0. The van der Waals surface area contributed by atoms with Crippen LogP contribution in [-0.4, -0.2) is 27.3 Å². The van der Waals surface area contributed by atoms with E-state index in [1.807, 2.05) is 19.2 Å². The fourth-order valence-electron chi connectivity index (χ4n) is 1.18. The molecule has 80 valence electrons. The van der Waals surface area contributed by atoms with E-state index in [0.717, 1.165) is 11.4 Å². The Morgan fingerprint density at radius 2 is 2.20 bits per heavy atom. The Morgan fingerprint density at radius 3 is 2.80 bits per heavy atom. The normalized spacial score (nSPS) is 9.47. The molecule has 0 spiro atoms. The van der Waals surface area contributed by atoms with Gasteiger partial charge in [0.05, 0.1) is 11.4 Å². The van der Waals surface area contributed by atoms with Crippen LogP contribution in [0.2, 0.25) is 5.02 Å². The number of nitrogens with one attached hydrogen (secondary N) is 1. The van der Waals surface area contributed by atoms with E-state index in [-0.39, 0.29) is 12.4 Å². The highest BCUT2D eigenvalue weighted by Crippen LogP contribution is 2.22. The van der Waals surface area contributed by atoms with Crippen LogP contribution in [0.3, 0.4) is 0 Å². The van der Waals surface area contributed by atoms with Gasteiger partial charge in [0.1, 0.15) is 6.33 Å². The van der Waals surface area contributed by atoms with Crippen LogP contribution in [-0.2, 0) is 0 Å². The maximum absolute atomic E-state index is 5.86. The number of hydrogen-bond acceptors (Lipinski definition) is 4. The predicted molar refractivity (Wildman–Crippen MR) is 61.0 cm³/mol. The Labute approximate surface area is 97.8 Å². The second-order valence-corrected chi connectivity index (χ2v) is 3.10. The van der Waals surface area contributed by atoms with Crippen LogP contribution < -0.4 is 5.32 Å². The van der Waals surface area contributed by atoms with E-state index < -0.39 is 0 Å². The van der Waals surface area contributed by atoms with Crippen molar-refractivity contribution in [2.75, 3.05) is 12.4 Å². The second-order valence-electron chi connectivity index (χ2n) is 2.67. The minimum Gasteiger partial charge on any atom is -0.386 e. The van der Waals surface area contributed by atoms with Crippen LogP contribution in [0, 0.1) is 0 Å². The summed E-state index contributed by atoms with van der Waals surface area (Å²) >= 11 is 5.86. The van der Waals surface area contributed by atoms with Gasteiger partial charge in [-0.25, -0.2) is 0 Å². The Bertz CT molecular complexity index is 429. The number of halogens is 2. The van der Waals surface area contributed by atoms with Gasteiger partial charge in [0, 0.05) is 12.1 Å². The molecule has 0 saturated heterocycles. The molecule has 0 aliphatic carbocycles. The molecule has 1 N–H and O–H groups in total. The maximum atomic E-state index is 5.86. The minimum atomic E-state index is 0. The van der Waals surface area contributed by atoms with E-state index in [9.17, 15) is 0 Å². The van der Waals surface area contributed by atoms with Gasteiger partial charge in [-0.15, -0.1) is 17.5 Å². The summed E-state index contributed by atoms with van der Waals surface area (Å²) in [6, 6.07) is 5.46. The van der Waals surface area contributed by atoms with Crippen molar-refractivity contribution < 1.29 is 0 Å². The third-order valence-corrected chi connectivity index (χ3v) is 2.06.